The normalized spacial score (nSPS) is 11.5. The SMILES string of the molecule is C/C=C/c1cc(-n2c3ccccc3c3cc(-c4ccccc4)ccc32)ccc1OC. The smallest absolute Gasteiger partial charge is 0.126 e. The van der Waals surface area contributed by atoms with E-state index >= 15 is 0 Å². The lowest BCUT2D eigenvalue weighted by Crippen LogP contribution is -1.96. The van der Waals surface area contributed by atoms with Gasteiger partial charge in [0.1, 0.15) is 5.75 Å². The van der Waals surface area contributed by atoms with Gasteiger partial charge in [0.2, 0.25) is 0 Å². The molecule has 0 saturated carbocycles. The van der Waals surface area contributed by atoms with E-state index in [2.05, 4.69) is 95.6 Å². The van der Waals surface area contributed by atoms with Crippen molar-refractivity contribution in [2.75, 3.05) is 7.11 Å². The average molecular weight is 389 g/mol. The van der Waals surface area contributed by atoms with Crippen molar-refractivity contribution in [2.24, 2.45) is 0 Å². The number of rotatable bonds is 4. The lowest BCUT2D eigenvalue weighted by molar-refractivity contribution is 0.414. The molecular formula is C28H23NO. The molecule has 2 nitrogen and oxygen atoms in total. The molecule has 4 aromatic carbocycles. The van der Waals surface area contributed by atoms with Crippen LogP contribution in [0.3, 0.4) is 0 Å². The number of nitrogens with zero attached hydrogens (tertiary/aromatic N) is 1. The summed E-state index contributed by atoms with van der Waals surface area (Å²) in [4.78, 5) is 0. The molecule has 0 radical (unpaired) electrons. The number of benzene rings is 4. The first-order valence-electron chi connectivity index (χ1n) is 10.2. The van der Waals surface area contributed by atoms with E-state index in [1.165, 1.54) is 32.9 Å². The maximum absolute atomic E-state index is 5.55. The molecule has 0 amide bonds. The number of hydrogen-bond donors (Lipinski definition) is 0. The molecule has 0 spiro atoms. The lowest BCUT2D eigenvalue weighted by atomic mass is 10.0. The summed E-state index contributed by atoms with van der Waals surface area (Å²) in [6, 6.07) is 32.3. The summed E-state index contributed by atoms with van der Waals surface area (Å²) in [5, 5.41) is 2.52. The maximum Gasteiger partial charge on any atom is 0.126 e. The third-order valence-electron chi connectivity index (χ3n) is 5.60. The molecule has 146 valence electrons. The van der Waals surface area contributed by atoms with Crippen LogP contribution < -0.4 is 4.74 Å². The van der Waals surface area contributed by atoms with Gasteiger partial charge in [-0.25, -0.2) is 0 Å². The minimum atomic E-state index is 0.879. The van der Waals surface area contributed by atoms with E-state index in [1.807, 2.05) is 19.1 Å². The van der Waals surface area contributed by atoms with Crippen molar-refractivity contribution in [3.63, 3.8) is 0 Å². The Bertz CT molecular complexity index is 1380. The van der Waals surface area contributed by atoms with Gasteiger partial charge in [-0.2, -0.15) is 0 Å². The fourth-order valence-electron chi connectivity index (χ4n) is 4.23. The van der Waals surface area contributed by atoms with Gasteiger partial charge in [0.05, 0.1) is 18.1 Å². The van der Waals surface area contributed by atoms with Crippen LogP contribution >= 0.6 is 0 Å². The van der Waals surface area contributed by atoms with E-state index in [0.717, 1.165) is 17.0 Å². The van der Waals surface area contributed by atoms with E-state index in [4.69, 9.17) is 4.74 Å². The topological polar surface area (TPSA) is 14.2 Å². The third-order valence-corrected chi connectivity index (χ3v) is 5.60. The molecule has 2 heteroatoms. The molecule has 1 heterocycles. The van der Waals surface area contributed by atoms with Crippen molar-refractivity contribution in [3.05, 3.63) is 103 Å². The predicted octanol–water partition coefficient (Wildman–Crippen LogP) is 7.49. The zero-order valence-electron chi connectivity index (χ0n) is 17.2. The number of methoxy groups -OCH3 is 1. The van der Waals surface area contributed by atoms with Crippen molar-refractivity contribution in [1.29, 1.82) is 0 Å². The van der Waals surface area contributed by atoms with Crippen LogP contribution in [-0.4, -0.2) is 11.7 Å². The monoisotopic (exact) mass is 389 g/mol. The summed E-state index contributed by atoms with van der Waals surface area (Å²) in [6.45, 7) is 2.03. The summed E-state index contributed by atoms with van der Waals surface area (Å²) in [5.41, 5.74) is 7.07. The number of para-hydroxylation sites is 1. The Balaban J connectivity index is 1.79. The first-order valence-corrected chi connectivity index (χ1v) is 10.2. The fraction of sp³-hybridized carbons (Fsp3) is 0.0714. The highest BCUT2D eigenvalue weighted by Crippen LogP contribution is 2.35. The van der Waals surface area contributed by atoms with Gasteiger partial charge >= 0.3 is 0 Å². The quantitative estimate of drug-likeness (QED) is 0.310. The lowest BCUT2D eigenvalue weighted by Gasteiger charge is -2.12. The molecule has 1 aromatic heterocycles. The first-order chi connectivity index (χ1) is 14.8. The largest absolute Gasteiger partial charge is 0.496 e. The van der Waals surface area contributed by atoms with Gasteiger partial charge in [-0.3, -0.25) is 0 Å². The number of fused-ring (bicyclic) bond motifs is 3. The highest BCUT2D eigenvalue weighted by molar-refractivity contribution is 6.10. The Morgan fingerprint density at radius 3 is 2.27 bits per heavy atom. The molecule has 0 aliphatic rings. The number of allylic oxidation sites excluding steroid dienone is 1. The molecule has 0 fully saturated rings. The van der Waals surface area contributed by atoms with E-state index in [9.17, 15) is 0 Å². The van der Waals surface area contributed by atoms with Crippen LogP contribution in [0.2, 0.25) is 0 Å². The van der Waals surface area contributed by atoms with Crippen LogP contribution in [-0.2, 0) is 0 Å². The summed E-state index contributed by atoms with van der Waals surface area (Å²) >= 11 is 0. The predicted molar refractivity (Wildman–Crippen MR) is 127 cm³/mol. The van der Waals surface area contributed by atoms with E-state index < -0.39 is 0 Å². The van der Waals surface area contributed by atoms with Gasteiger partial charge in [0, 0.05) is 22.0 Å². The second kappa shape index (κ2) is 7.57. The van der Waals surface area contributed by atoms with Crippen LogP contribution in [0.1, 0.15) is 12.5 Å². The Morgan fingerprint density at radius 2 is 1.47 bits per heavy atom. The van der Waals surface area contributed by atoms with Crippen molar-refractivity contribution < 1.29 is 4.74 Å². The van der Waals surface area contributed by atoms with Crippen molar-refractivity contribution in [3.8, 4) is 22.6 Å². The number of hydrogen-bond acceptors (Lipinski definition) is 1. The third kappa shape index (κ3) is 2.98. The summed E-state index contributed by atoms with van der Waals surface area (Å²) in [6.07, 6.45) is 4.13. The van der Waals surface area contributed by atoms with Gasteiger partial charge in [-0.1, -0.05) is 66.7 Å². The van der Waals surface area contributed by atoms with Gasteiger partial charge in [-0.05, 0) is 54.4 Å². The molecule has 0 bridgehead atoms. The highest BCUT2D eigenvalue weighted by atomic mass is 16.5. The summed E-state index contributed by atoms with van der Waals surface area (Å²) < 4.78 is 7.89. The maximum atomic E-state index is 5.55. The number of ether oxygens (including phenoxy) is 1. The van der Waals surface area contributed by atoms with E-state index in [-0.39, 0.29) is 0 Å². The highest BCUT2D eigenvalue weighted by Gasteiger charge is 2.14. The Kier molecular flexibility index (Phi) is 4.61. The summed E-state index contributed by atoms with van der Waals surface area (Å²) in [7, 11) is 1.72. The zero-order valence-corrected chi connectivity index (χ0v) is 17.2. The van der Waals surface area contributed by atoms with Crippen molar-refractivity contribution >= 4 is 27.9 Å². The molecule has 0 atom stereocenters. The van der Waals surface area contributed by atoms with Crippen LogP contribution in [0, 0.1) is 0 Å². The van der Waals surface area contributed by atoms with Crippen LogP contribution in [0.15, 0.2) is 97.1 Å². The molecule has 0 saturated heterocycles. The van der Waals surface area contributed by atoms with Gasteiger partial charge in [-0.15, -0.1) is 0 Å². The second-order valence-corrected chi connectivity index (χ2v) is 7.38. The minimum absolute atomic E-state index is 0.879. The zero-order chi connectivity index (χ0) is 20.5. The Labute approximate surface area is 176 Å². The van der Waals surface area contributed by atoms with Crippen LogP contribution in [0.5, 0.6) is 5.75 Å². The van der Waals surface area contributed by atoms with Gasteiger partial charge < -0.3 is 9.30 Å². The van der Waals surface area contributed by atoms with Crippen molar-refractivity contribution in [1.82, 2.24) is 4.57 Å². The summed E-state index contributed by atoms with van der Waals surface area (Å²) in [5.74, 6) is 0.879. The molecule has 0 aliphatic carbocycles. The minimum Gasteiger partial charge on any atom is -0.496 e. The van der Waals surface area contributed by atoms with E-state index in [1.54, 1.807) is 7.11 Å². The van der Waals surface area contributed by atoms with Crippen LogP contribution in [0.25, 0.3) is 44.7 Å². The molecule has 5 rings (SSSR count). The number of aromatic nitrogens is 1. The Hall–Kier alpha value is -3.78. The van der Waals surface area contributed by atoms with Crippen LogP contribution in [0.4, 0.5) is 0 Å². The second-order valence-electron chi connectivity index (χ2n) is 7.38. The fourth-order valence-corrected chi connectivity index (χ4v) is 4.23. The van der Waals surface area contributed by atoms with E-state index in [0.29, 0.717) is 0 Å². The molecular weight excluding hydrogens is 366 g/mol. The van der Waals surface area contributed by atoms with Crippen molar-refractivity contribution in [2.45, 2.75) is 6.92 Å². The molecule has 0 unspecified atom stereocenters. The average Bonchev–Trinajstić information content (AvgIpc) is 3.13. The first kappa shape index (κ1) is 18.3. The molecule has 0 aliphatic heterocycles. The molecule has 0 N–H and O–H groups in total. The molecule has 30 heavy (non-hydrogen) atoms. The molecule has 5 aromatic rings. The Morgan fingerprint density at radius 1 is 0.700 bits per heavy atom. The van der Waals surface area contributed by atoms with Gasteiger partial charge in [0.15, 0.2) is 0 Å². The standard InChI is InChI=1S/C28H23NO/c1-3-9-22-18-23(15-17-28(22)30-2)29-26-13-8-7-12-24(26)25-19-21(14-16-27(25)29)20-10-5-4-6-11-20/h3-19H,1-2H3/b9-3+. The van der Waals surface area contributed by atoms with Gasteiger partial charge in [0.25, 0.3) is 0 Å².